The zero-order valence-corrected chi connectivity index (χ0v) is 18.3. The van der Waals surface area contributed by atoms with Gasteiger partial charge in [0.15, 0.2) is 6.61 Å². The number of aromatic nitrogens is 1. The smallest absolute Gasteiger partial charge is 0.262 e. The lowest BCUT2D eigenvalue weighted by molar-refractivity contribution is -0.118. The Morgan fingerprint density at radius 3 is 2.47 bits per heavy atom. The molecule has 3 rings (SSSR count). The molecule has 0 bridgehead atoms. The maximum Gasteiger partial charge on any atom is 0.262 e. The van der Waals surface area contributed by atoms with Gasteiger partial charge in [0.1, 0.15) is 10.8 Å². The third-order valence-electron chi connectivity index (χ3n) is 4.38. The Hall–Kier alpha value is -3.19. The van der Waals surface area contributed by atoms with Crippen molar-refractivity contribution >= 4 is 28.8 Å². The van der Waals surface area contributed by atoms with Crippen LogP contribution in [0.1, 0.15) is 36.8 Å². The van der Waals surface area contributed by atoms with Gasteiger partial charge in [0.05, 0.1) is 5.69 Å². The van der Waals surface area contributed by atoms with E-state index in [1.807, 2.05) is 24.3 Å². The van der Waals surface area contributed by atoms with Gasteiger partial charge in [-0.3, -0.25) is 9.59 Å². The fourth-order valence-electron chi connectivity index (χ4n) is 2.67. The predicted molar refractivity (Wildman–Crippen MR) is 120 cm³/mol. The van der Waals surface area contributed by atoms with Gasteiger partial charge < -0.3 is 15.4 Å². The monoisotopic (exact) mass is 423 g/mol. The van der Waals surface area contributed by atoms with Crippen molar-refractivity contribution in [3.8, 4) is 16.3 Å². The van der Waals surface area contributed by atoms with Crippen molar-refractivity contribution < 1.29 is 14.3 Å². The highest BCUT2D eigenvalue weighted by molar-refractivity contribution is 7.13. The van der Waals surface area contributed by atoms with Crippen LogP contribution >= 0.6 is 11.3 Å². The fourth-order valence-corrected chi connectivity index (χ4v) is 3.73. The van der Waals surface area contributed by atoms with Gasteiger partial charge in [-0.2, -0.15) is 0 Å². The van der Waals surface area contributed by atoms with Crippen molar-refractivity contribution in [2.75, 3.05) is 19.0 Å². The van der Waals surface area contributed by atoms with Crippen molar-refractivity contribution in [1.29, 1.82) is 0 Å². The van der Waals surface area contributed by atoms with Gasteiger partial charge in [0, 0.05) is 34.7 Å². The standard InChI is InChI=1S/C23H25N3O3S/c1-23(2,3)19-14-30-22(26-19)15-8-10-18(11-9-15)29-13-20(27)25-17-7-5-6-16(12-17)21(28)24-4/h5-12,14H,13H2,1-4H3,(H,24,28)(H,25,27). The van der Waals surface area contributed by atoms with Crippen molar-refractivity contribution in [2.24, 2.45) is 0 Å². The Labute approximate surface area is 180 Å². The zero-order chi connectivity index (χ0) is 21.7. The van der Waals surface area contributed by atoms with Crippen molar-refractivity contribution in [3.05, 3.63) is 65.2 Å². The molecule has 0 saturated heterocycles. The molecule has 6 nitrogen and oxygen atoms in total. The number of ether oxygens (including phenoxy) is 1. The van der Waals surface area contributed by atoms with Crippen LogP contribution in [0.4, 0.5) is 5.69 Å². The molecular formula is C23H25N3O3S. The van der Waals surface area contributed by atoms with E-state index in [1.165, 1.54) is 0 Å². The second-order valence-corrected chi connectivity index (χ2v) is 8.67. The average Bonchev–Trinajstić information content (AvgIpc) is 3.23. The molecule has 2 N–H and O–H groups in total. The SMILES string of the molecule is CNC(=O)c1cccc(NC(=O)COc2ccc(-c3nc(C(C)(C)C)cs3)cc2)c1. The Balaban J connectivity index is 1.57. The molecule has 2 amide bonds. The van der Waals surface area contributed by atoms with Gasteiger partial charge >= 0.3 is 0 Å². The second-order valence-electron chi connectivity index (χ2n) is 7.81. The Morgan fingerprint density at radius 2 is 1.83 bits per heavy atom. The number of carbonyl (C=O) groups is 2. The molecule has 0 aliphatic carbocycles. The third kappa shape index (κ3) is 5.45. The van der Waals surface area contributed by atoms with Crippen LogP contribution in [0.2, 0.25) is 0 Å². The molecule has 0 radical (unpaired) electrons. The van der Waals surface area contributed by atoms with Crippen LogP contribution in [-0.4, -0.2) is 30.5 Å². The Kier molecular flexibility index (Phi) is 6.52. The van der Waals surface area contributed by atoms with Crippen molar-refractivity contribution in [2.45, 2.75) is 26.2 Å². The van der Waals surface area contributed by atoms with Crippen LogP contribution in [-0.2, 0) is 10.2 Å². The maximum atomic E-state index is 12.2. The fraction of sp³-hybridized carbons (Fsp3) is 0.261. The molecule has 0 unspecified atom stereocenters. The zero-order valence-electron chi connectivity index (χ0n) is 17.5. The topological polar surface area (TPSA) is 80.3 Å². The first-order valence-electron chi connectivity index (χ1n) is 9.57. The lowest BCUT2D eigenvalue weighted by Crippen LogP contribution is -2.21. The van der Waals surface area contributed by atoms with Gasteiger partial charge in [-0.05, 0) is 42.5 Å². The largest absolute Gasteiger partial charge is 0.484 e. The number of rotatable bonds is 6. The van der Waals surface area contributed by atoms with Gasteiger partial charge in [0.2, 0.25) is 0 Å². The molecule has 0 aliphatic heterocycles. The minimum Gasteiger partial charge on any atom is -0.484 e. The van der Waals surface area contributed by atoms with Crippen LogP contribution < -0.4 is 15.4 Å². The first kappa shape index (κ1) is 21.5. The van der Waals surface area contributed by atoms with Gasteiger partial charge in [0.25, 0.3) is 11.8 Å². The summed E-state index contributed by atoms with van der Waals surface area (Å²) in [7, 11) is 1.56. The number of thiazole rings is 1. The molecule has 1 aromatic heterocycles. The number of amides is 2. The molecular weight excluding hydrogens is 398 g/mol. The normalized spacial score (nSPS) is 11.1. The van der Waals surface area contributed by atoms with Crippen molar-refractivity contribution in [3.63, 3.8) is 0 Å². The number of carbonyl (C=O) groups excluding carboxylic acids is 2. The molecule has 0 aliphatic rings. The first-order chi connectivity index (χ1) is 14.3. The summed E-state index contributed by atoms with van der Waals surface area (Å²) in [6.45, 7) is 6.29. The van der Waals surface area contributed by atoms with Crippen LogP contribution in [0.3, 0.4) is 0 Å². The molecule has 7 heteroatoms. The predicted octanol–water partition coefficient (Wildman–Crippen LogP) is 4.48. The minimum atomic E-state index is -0.303. The number of hydrogen-bond donors (Lipinski definition) is 2. The third-order valence-corrected chi connectivity index (χ3v) is 5.27. The van der Waals surface area contributed by atoms with E-state index >= 15 is 0 Å². The average molecular weight is 424 g/mol. The quantitative estimate of drug-likeness (QED) is 0.612. The summed E-state index contributed by atoms with van der Waals surface area (Å²) in [5.74, 6) is 0.0841. The lowest BCUT2D eigenvalue weighted by atomic mass is 9.93. The summed E-state index contributed by atoms with van der Waals surface area (Å²) >= 11 is 1.62. The van der Waals surface area contributed by atoms with E-state index in [0.717, 1.165) is 16.3 Å². The maximum absolute atomic E-state index is 12.2. The molecule has 1 heterocycles. The minimum absolute atomic E-state index is 0.0189. The Morgan fingerprint density at radius 1 is 1.10 bits per heavy atom. The van der Waals surface area contributed by atoms with Crippen LogP contribution in [0.25, 0.3) is 10.6 Å². The summed E-state index contributed by atoms with van der Waals surface area (Å²) in [5.41, 5.74) is 3.12. The highest BCUT2D eigenvalue weighted by Crippen LogP contribution is 2.30. The van der Waals surface area contributed by atoms with Gasteiger partial charge in [-0.15, -0.1) is 11.3 Å². The molecule has 0 fully saturated rings. The number of anilines is 1. The number of hydrogen-bond acceptors (Lipinski definition) is 5. The van der Waals surface area contributed by atoms with Crippen LogP contribution in [0.15, 0.2) is 53.9 Å². The molecule has 3 aromatic rings. The van der Waals surface area contributed by atoms with E-state index in [4.69, 9.17) is 9.72 Å². The number of benzene rings is 2. The van der Waals surface area contributed by atoms with Crippen molar-refractivity contribution in [1.82, 2.24) is 10.3 Å². The van der Waals surface area contributed by atoms with Crippen LogP contribution in [0.5, 0.6) is 5.75 Å². The van der Waals surface area contributed by atoms with E-state index in [1.54, 1.807) is 42.6 Å². The molecule has 0 saturated carbocycles. The second kappa shape index (κ2) is 9.09. The van der Waals surface area contributed by atoms with E-state index < -0.39 is 0 Å². The van der Waals surface area contributed by atoms with E-state index in [0.29, 0.717) is 17.0 Å². The molecule has 156 valence electrons. The van der Waals surface area contributed by atoms with E-state index in [2.05, 4.69) is 36.8 Å². The summed E-state index contributed by atoms with van der Waals surface area (Å²) in [4.78, 5) is 28.6. The highest BCUT2D eigenvalue weighted by atomic mass is 32.1. The summed E-state index contributed by atoms with van der Waals surface area (Å²) in [6, 6.07) is 14.3. The molecule has 2 aromatic carbocycles. The Bertz CT molecular complexity index is 1040. The summed E-state index contributed by atoms with van der Waals surface area (Å²) in [6.07, 6.45) is 0. The van der Waals surface area contributed by atoms with Gasteiger partial charge in [-0.25, -0.2) is 4.98 Å². The first-order valence-corrected chi connectivity index (χ1v) is 10.5. The van der Waals surface area contributed by atoms with E-state index in [-0.39, 0.29) is 23.8 Å². The van der Waals surface area contributed by atoms with E-state index in [9.17, 15) is 9.59 Å². The van der Waals surface area contributed by atoms with Gasteiger partial charge in [-0.1, -0.05) is 26.8 Å². The molecule has 0 spiro atoms. The lowest BCUT2D eigenvalue weighted by Gasteiger charge is -2.14. The number of nitrogens with one attached hydrogen (secondary N) is 2. The summed E-state index contributed by atoms with van der Waals surface area (Å²) < 4.78 is 5.58. The molecule has 0 atom stereocenters. The summed E-state index contributed by atoms with van der Waals surface area (Å²) in [5, 5.41) is 8.33. The van der Waals surface area contributed by atoms with Crippen LogP contribution in [0, 0.1) is 0 Å². The number of nitrogens with zero attached hydrogens (tertiary/aromatic N) is 1. The molecule has 30 heavy (non-hydrogen) atoms. The highest BCUT2D eigenvalue weighted by Gasteiger charge is 2.18.